The predicted octanol–water partition coefficient (Wildman–Crippen LogP) is 1.53. The summed E-state index contributed by atoms with van der Waals surface area (Å²) in [6.07, 6.45) is -0.683. The highest BCUT2D eigenvalue weighted by molar-refractivity contribution is 6.01. The van der Waals surface area contributed by atoms with Crippen LogP contribution in [0.25, 0.3) is 0 Å². The molecule has 2 rings (SSSR count). The second-order valence-corrected chi connectivity index (χ2v) is 4.70. The Kier molecular flexibility index (Phi) is 4.57. The highest BCUT2D eigenvalue weighted by atomic mass is 16.6. The van der Waals surface area contributed by atoms with Crippen molar-refractivity contribution < 1.29 is 23.9 Å². The van der Waals surface area contributed by atoms with Gasteiger partial charge in [-0.1, -0.05) is 30.3 Å². The smallest absolute Gasteiger partial charge is 0.411 e. The van der Waals surface area contributed by atoms with Gasteiger partial charge in [-0.15, -0.1) is 0 Å². The zero-order valence-electron chi connectivity index (χ0n) is 11.9. The van der Waals surface area contributed by atoms with Crippen molar-refractivity contribution in [3.05, 3.63) is 35.9 Å². The Labute approximate surface area is 122 Å². The molecule has 1 heterocycles. The van der Waals surface area contributed by atoms with Gasteiger partial charge in [-0.3, -0.25) is 9.69 Å². The number of ketones is 1. The summed E-state index contributed by atoms with van der Waals surface area (Å²) in [5, 5.41) is 0. The van der Waals surface area contributed by atoms with Gasteiger partial charge < -0.3 is 9.47 Å². The molecule has 1 fully saturated rings. The number of benzene rings is 1. The Balaban J connectivity index is 1.95. The third-order valence-corrected chi connectivity index (χ3v) is 3.17. The molecule has 1 amide bonds. The summed E-state index contributed by atoms with van der Waals surface area (Å²) in [5.74, 6) is -0.834. The molecule has 0 N–H and O–H groups in total. The number of ether oxygens (including phenoxy) is 2. The maximum Gasteiger partial charge on any atom is 0.411 e. The van der Waals surface area contributed by atoms with E-state index >= 15 is 0 Å². The first kappa shape index (κ1) is 15.0. The largest absolute Gasteiger partial charge is 0.464 e. The topological polar surface area (TPSA) is 72.7 Å². The average molecular weight is 291 g/mol. The molecule has 6 heteroatoms. The van der Waals surface area contributed by atoms with Crippen LogP contribution in [0.15, 0.2) is 30.3 Å². The molecule has 0 aliphatic carbocycles. The fourth-order valence-electron chi connectivity index (χ4n) is 2.14. The Hall–Kier alpha value is -2.37. The molecular formula is C15H17NO5. The lowest BCUT2D eigenvalue weighted by molar-refractivity contribution is -0.143. The molecule has 0 aromatic heterocycles. The summed E-state index contributed by atoms with van der Waals surface area (Å²) < 4.78 is 9.97. The van der Waals surface area contributed by atoms with E-state index in [2.05, 4.69) is 0 Å². The zero-order valence-corrected chi connectivity index (χ0v) is 11.9. The summed E-state index contributed by atoms with van der Waals surface area (Å²) >= 11 is 0. The van der Waals surface area contributed by atoms with Crippen LogP contribution in [0.2, 0.25) is 0 Å². The van der Waals surface area contributed by atoms with Crippen LogP contribution in [0.4, 0.5) is 4.79 Å². The Morgan fingerprint density at radius 3 is 2.33 bits per heavy atom. The number of esters is 1. The minimum atomic E-state index is -0.856. The minimum Gasteiger partial charge on any atom is -0.464 e. The van der Waals surface area contributed by atoms with E-state index in [9.17, 15) is 14.4 Å². The second kappa shape index (κ2) is 6.39. The van der Waals surface area contributed by atoms with Gasteiger partial charge in [0.15, 0.2) is 11.8 Å². The zero-order chi connectivity index (χ0) is 15.4. The molecule has 1 saturated heterocycles. The number of carbonyl (C=O) groups is 3. The fourth-order valence-corrected chi connectivity index (χ4v) is 2.14. The van der Waals surface area contributed by atoms with Crippen molar-refractivity contribution in [2.75, 3.05) is 6.61 Å². The Morgan fingerprint density at radius 2 is 1.76 bits per heavy atom. The maximum absolute atomic E-state index is 12.0. The van der Waals surface area contributed by atoms with E-state index in [-0.39, 0.29) is 19.0 Å². The van der Waals surface area contributed by atoms with Crippen LogP contribution in [0.1, 0.15) is 19.4 Å². The van der Waals surface area contributed by atoms with Crippen molar-refractivity contribution >= 4 is 17.8 Å². The van der Waals surface area contributed by atoms with Gasteiger partial charge in [0, 0.05) is 0 Å². The number of rotatable bonds is 5. The van der Waals surface area contributed by atoms with E-state index in [0.717, 1.165) is 10.5 Å². The molecule has 1 aromatic rings. The first-order chi connectivity index (χ1) is 10.1. The SMILES string of the molecule is CCOC(=O)[C@@H]1[C@@H](C(C)=O)N1C(=O)OCc1ccccc1. The summed E-state index contributed by atoms with van der Waals surface area (Å²) in [6, 6.07) is 7.54. The van der Waals surface area contributed by atoms with E-state index in [1.54, 1.807) is 6.92 Å². The highest BCUT2D eigenvalue weighted by Gasteiger charge is 2.60. The summed E-state index contributed by atoms with van der Waals surface area (Å²) in [4.78, 5) is 36.2. The van der Waals surface area contributed by atoms with E-state index in [1.807, 2.05) is 30.3 Å². The van der Waals surface area contributed by atoms with Crippen LogP contribution >= 0.6 is 0 Å². The molecular weight excluding hydrogens is 274 g/mol. The van der Waals surface area contributed by atoms with Crippen molar-refractivity contribution in [3.63, 3.8) is 0 Å². The lowest BCUT2D eigenvalue weighted by Gasteiger charge is -2.06. The summed E-state index contributed by atoms with van der Waals surface area (Å²) in [5.41, 5.74) is 0.833. The molecule has 0 spiro atoms. The van der Waals surface area contributed by atoms with Crippen LogP contribution in [-0.2, 0) is 25.7 Å². The minimum absolute atomic E-state index is 0.0936. The van der Waals surface area contributed by atoms with E-state index < -0.39 is 24.1 Å². The van der Waals surface area contributed by atoms with Crippen LogP contribution in [0.5, 0.6) is 0 Å². The van der Waals surface area contributed by atoms with Crippen LogP contribution in [0, 0.1) is 0 Å². The van der Waals surface area contributed by atoms with E-state index in [1.165, 1.54) is 6.92 Å². The molecule has 1 aliphatic heterocycles. The normalized spacial score (nSPS) is 19.8. The molecule has 0 bridgehead atoms. The van der Waals surface area contributed by atoms with Gasteiger partial charge in [-0.2, -0.15) is 0 Å². The van der Waals surface area contributed by atoms with Gasteiger partial charge in [0.1, 0.15) is 12.6 Å². The number of hydrogen-bond acceptors (Lipinski definition) is 5. The quantitative estimate of drug-likeness (QED) is 0.607. The molecule has 1 aliphatic rings. The maximum atomic E-state index is 12.0. The molecule has 1 aromatic carbocycles. The third-order valence-electron chi connectivity index (χ3n) is 3.17. The Morgan fingerprint density at radius 1 is 1.10 bits per heavy atom. The Bertz CT molecular complexity index is 542. The lowest BCUT2D eigenvalue weighted by atomic mass is 10.2. The van der Waals surface area contributed by atoms with E-state index in [4.69, 9.17) is 9.47 Å². The molecule has 112 valence electrons. The molecule has 0 saturated carbocycles. The molecule has 6 nitrogen and oxygen atoms in total. The first-order valence-corrected chi connectivity index (χ1v) is 6.72. The molecule has 0 radical (unpaired) electrons. The van der Waals surface area contributed by atoms with Gasteiger partial charge in [-0.05, 0) is 19.4 Å². The first-order valence-electron chi connectivity index (χ1n) is 6.72. The number of hydrogen-bond donors (Lipinski definition) is 0. The second-order valence-electron chi connectivity index (χ2n) is 4.70. The molecule has 21 heavy (non-hydrogen) atoms. The standard InChI is InChI=1S/C15H17NO5/c1-3-20-14(18)13-12(10(2)17)16(13)15(19)21-9-11-7-5-4-6-8-11/h4-8,12-13H,3,9H2,1-2H3/t12-,13+,16?/m1/s1. The van der Waals surface area contributed by atoms with Gasteiger partial charge in [0.05, 0.1) is 6.61 Å². The van der Waals surface area contributed by atoms with Crippen LogP contribution in [0.3, 0.4) is 0 Å². The van der Waals surface area contributed by atoms with Gasteiger partial charge in [0.25, 0.3) is 0 Å². The average Bonchev–Trinajstić information content (AvgIpc) is 3.22. The van der Waals surface area contributed by atoms with Crippen molar-refractivity contribution in [1.29, 1.82) is 0 Å². The predicted molar refractivity (Wildman–Crippen MR) is 73.4 cm³/mol. The third kappa shape index (κ3) is 3.39. The van der Waals surface area contributed by atoms with Crippen LogP contribution in [-0.4, -0.2) is 41.4 Å². The number of nitrogens with zero attached hydrogens (tertiary/aromatic N) is 1. The van der Waals surface area contributed by atoms with Crippen molar-refractivity contribution in [3.8, 4) is 0 Å². The van der Waals surface area contributed by atoms with Crippen molar-refractivity contribution in [2.45, 2.75) is 32.5 Å². The van der Waals surface area contributed by atoms with Gasteiger partial charge in [0.2, 0.25) is 0 Å². The van der Waals surface area contributed by atoms with Gasteiger partial charge >= 0.3 is 12.1 Å². The van der Waals surface area contributed by atoms with Gasteiger partial charge in [-0.25, -0.2) is 9.59 Å². The fraction of sp³-hybridized carbons (Fsp3) is 0.400. The number of Topliss-reactive ketones (excluding diaryl/α,β-unsaturated/α-hetero) is 1. The summed E-state index contributed by atoms with van der Waals surface area (Å²) in [7, 11) is 0. The summed E-state index contributed by atoms with van der Waals surface area (Å²) in [6.45, 7) is 3.30. The van der Waals surface area contributed by atoms with E-state index in [0.29, 0.717) is 0 Å². The van der Waals surface area contributed by atoms with Crippen molar-refractivity contribution in [2.24, 2.45) is 0 Å². The number of amides is 1. The molecule has 2 atom stereocenters. The monoisotopic (exact) mass is 291 g/mol. The van der Waals surface area contributed by atoms with Crippen molar-refractivity contribution in [1.82, 2.24) is 4.90 Å². The number of carbonyl (C=O) groups excluding carboxylic acids is 3. The highest BCUT2D eigenvalue weighted by Crippen LogP contribution is 2.31. The molecule has 0 unspecified atom stereocenters. The lowest BCUT2D eigenvalue weighted by Crippen LogP contribution is -2.21. The van der Waals surface area contributed by atoms with Crippen LogP contribution < -0.4 is 0 Å².